The van der Waals surface area contributed by atoms with Gasteiger partial charge in [0.2, 0.25) is 12.2 Å². The molecule has 0 aromatic heterocycles. The van der Waals surface area contributed by atoms with E-state index in [0.29, 0.717) is 6.42 Å². The van der Waals surface area contributed by atoms with E-state index in [9.17, 15) is 9.59 Å². The van der Waals surface area contributed by atoms with Crippen molar-refractivity contribution in [1.82, 2.24) is 5.32 Å². The zero-order valence-corrected chi connectivity index (χ0v) is 5.60. The third-order valence-electron chi connectivity index (χ3n) is 0.875. The Morgan fingerprint density at radius 3 is 2.67 bits per heavy atom. The maximum atomic E-state index is 10.5. The topological polar surface area (TPSA) is 46.2 Å². The van der Waals surface area contributed by atoms with E-state index in [1.165, 1.54) is 0 Å². The summed E-state index contributed by atoms with van der Waals surface area (Å²) in [6.45, 7) is 3.31. The van der Waals surface area contributed by atoms with Gasteiger partial charge in [-0.1, -0.05) is 6.92 Å². The molecule has 0 bridgehead atoms. The van der Waals surface area contributed by atoms with Crippen LogP contribution in [0.25, 0.3) is 0 Å². The highest BCUT2D eigenvalue weighted by Gasteiger charge is 2.02. The van der Waals surface area contributed by atoms with Crippen LogP contribution in [0.5, 0.6) is 0 Å². The zero-order chi connectivity index (χ0) is 7.28. The standard InChI is InChI=1S/C6H10NO2/c1-3-6(9)7-5(2)4-8/h5H,3H2,1-2H3,(H,7,9). The minimum atomic E-state index is -0.475. The van der Waals surface area contributed by atoms with Crippen molar-refractivity contribution in [2.45, 2.75) is 26.3 Å². The van der Waals surface area contributed by atoms with Crippen LogP contribution >= 0.6 is 0 Å². The average Bonchev–Trinajstić information content (AvgIpc) is 1.87. The van der Waals surface area contributed by atoms with E-state index in [0.717, 1.165) is 0 Å². The van der Waals surface area contributed by atoms with Crippen LogP contribution < -0.4 is 5.32 Å². The molecule has 51 valence electrons. The predicted molar refractivity (Wildman–Crippen MR) is 33.6 cm³/mol. The van der Waals surface area contributed by atoms with Crippen molar-refractivity contribution >= 4 is 12.2 Å². The normalized spacial score (nSPS) is 12.2. The third kappa shape index (κ3) is 3.70. The number of amides is 1. The van der Waals surface area contributed by atoms with Gasteiger partial charge in [-0.3, -0.25) is 9.59 Å². The molecule has 0 rings (SSSR count). The van der Waals surface area contributed by atoms with Gasteiger partial charge in [-0.05, 0) is 6.92 Å². The summed E-state index contributed by atoms with van der Waals surface area (Å²) < 4.78 is 0. The Bertz CT molecular complexity index is 112. The van der Waals surface area contributed by atoms with Crippen LogP contribution in [-0.4, -0.2) is 18.2 Å². The van der Waals surface area contributed by atoms with Crippen molar-refractivity contribution in [3.63, 3.8) is 0 Å². The fourth-order valence-electron chi connectivity index (χ4n) is 0.373. The Morgan fingerprint density at radius 2 is 2.33 bits per heavy atom. The summed E-state index contributed by atoms with van der Waals surface area (Å²) >= 11 is 0. The van der Waals surface area contributed by atoms with Crippen LogP contribution in [-0.2, 0) is 9.59 Å². The third-order valence-corrected chi connectivity index (χ3v) is 0.875. The van der Waals surface area contributed by atoms with Gasteiger partial charge in [0, 0.05) is 6.42 Å². The number of carbonyl (C=O) groups is 1. The van der Waals surface area contributed by atoms with E-state index in [1.807, 2.05) is 0 Å². The molecule has 0 aliphatic heterocycles. The number of hydrogen-bond donors (Lipinski definition) is 1. The molecule has 0 spiro atoms. The van der Waals surface area contributed by atoms with Gasteiger partial charge in [0.1, 0.15) is 0 Å². The molecule has 0 aliphatic rings. The van der Waals surface area contributed by atoms with Crippen LogP contribution in [0, 0.1) is 0 Å². The second-order valence-electron chi connectivity index (χ2n) is 1.76. The number of hydrogen-bond acceptors (Lipinski definition) is 2. The molecular weight excluding hydrogens is 118 g/mol. The first-order valence-electron chi connectivity index (χ1n) is 2.87. The molecule has 9 heavy (non-hydrogen) atoms. The van der Waals surface area contributed by atoms with E-state index in [1.54, 1.807) is 20.1 Å². The van der Waals surface area contributed by atoms with Gasteiger partial charge in [-0.15, -0.1) is 0 Å². The lowest BCUT2D eigenvalue weighted by Gasteiger charge is -2.02. The Labute approximate surface area is 54.4 Å². The molecule has 0 aliphatic carbocycles. The van der Waals surface area contributed by atoms with E-state index in [4.69, 9.17) is 0 Å². The first kappa shape index (κ1) is 8.14. The molecule has 1 unspecified atom stereocenters. The Balaban J connectivity index is 3.46. The molecule has 1 amide bonds. The minimum Gasteiger partial charge on any atom is -0.346 e. The first-order valence-corrected chi connectivity index (χ1v) is 2.87. The smallest absolute Gasteiger partial charge is 0.222 e. The molecule has 1 radical (unpaired) electrons. The van der Waals surface area contributed by atoms with Crippen molar-refractivity contribution in [3.05, 3.63) is 0 Å². The number of carbonyl (C=O) groups excluding carboxylic acids is 2. The van der Waals surface area contributed by atoms with Crippen molar-refractivity contribution in [2.75, 3.05) is 0 Å². The highest BCUT2D eigenvalue weighted by atomic mass is 16.2. The molecule has 0 aromatic rings. The molecule has 0 fully saturated rings. The Morgan fingerprint density at radius 1 is 1.78 bits per heavy atom. The van der Waals surface area contributed by atoms with Gasteiger partial charge in [0.05, 0.1) is 6.04 Å². The van der Waals surface area contributed by atoms with Crippen LogP contribution in [0.2, 0.25) is 0 Å². The molecule has 0 saturated heterocycles. The van der Waals surface area contributed by atoms with E-state index in [2.05, 4.69) is 5.32 Å². The maximum Gasteiger partial charge on any atom is 0.222 e. The summed E-state index contributed by atoms with van der Waals surface area (Å²) in [5.41, 5.74) is 0. The van der Waals surface area contributed by atoms with Gasteiger partial charge in [-0.25, -0.2) is 0 Å². The molecule has 3 nitrogen and oxygen atoms in total. The SMILES string of the molecule is CCC(=O)NC(C)[C]=O. The fraction of sp³-hybridized carbons (Fsp3) is 0.667. The highest BCUT2D eigenvalue weighted by Crippen LogP contribution is 1.78. The highest BCUT2D eigenvalue weighted by molar-refractivity contribution is 5.79. The minimum absolute atomic E-state index is 0.120. The van der Waals surface area contributed by atoms with E-state index < -0.39 is 6.04 Å². The van der Waals surface area contributed by atoms with Crippen LogP contribution in [0.3, 0.4) is 0 Å². The second kappa shape index (κ2) is 4.06. The summed E-state index contributed by atoms with van der Waals surface area (Å²) in [5.74, 6) is -0.120. The molecule has 3 heteroatoms. The van der Waals surface area contributed by atoms with Crippen molar-refractivity contribution in [3.8, 4) is 0 Å². The summed E-state index contributed by atoms with van der Waals surface area (Å²) in [6, 6.07) is -0.475. The lowest BCUT2D eigenvalue weighted by Crippen LogP contribution is -2.32. The molecular formula is C6H10NO2. The zero-order valence-electron chi connectivity index (χ0n) is 5.60. The quantitative estimate of drug-likeness (QED) is 0.582. The largest absolute Gasteiger partial charge is 0.346 e. The van der Waals surface area contributed by atoms with Crippen molar-refractivity contribution in [1.29, 1.82) is 0 Å². The Hall–Kier alpha value is -0.860. The molecule has 0 saturated carbocycles. The Kier molecular flexibility index (Phi) is 3.67. The van der Waals surface area contributed by atoms with Crippen LogP contribution in [0.4, 0.5) is 0 Å². The van der Waals surface area contributed by atoms with Gasteiger partial charge in [0.25, 0.3) is 0 Å². The first-order chi connectivity index (χ1) is 4.20. The summed E-state index contributed by atoms with van der Waals surface area (Å²) in [4.78, 5) is 20.3. The molecule has 1 N–H and O–H groups in total. The number of rotatable bonds is 3. The van der Waals surface area contributed by atoms with E-state index >= 15 is 0 Å². The molecule has 0 aromatic carbocycles. The van der Waals surface area contributed by atoms with E-state index in [-0.39, 0.29) is 5.91 Å². The summed E-state index contributed by atoms with van der Waals surface area (Å²) in [5, 5.41) is 2.42. The molecule has 0 heterocycles. The monoisotopic (exact) mass is 128 g/mol. The fourth-order valence-corrected chi connectivity index (χ4v) is 0.373. The van der Waals surface area contributed by atoms with Crippen molar-refractivity contribution in [2.24, 2.45) is 0 Å². The van der Waals surface area contributed by atoms with Crippen LogP contribution in [0.15, 0.2) is 0 Å². The van der Waals surface area contributed by atoms with Crippen LogP contribution in [0.1, 0.15) is 20.3 Å². The van der Waals surface area contributed by atoms with Gasteiger partial charge < -0.3 is 5.32 Å². The van der Waals surface area contributed by atoms with Gasteiger partial charge in [0.15, 0.2) is 0 Å². The lowest BCUT2D eigenvalue weighted by molar-refractivity contribution is -0.120. The predicted octanol–water partition coefficient (Wildman–Crippen LogP) is 0.0108. The van der Waals surface area contributed by atoms with Gasteiger partial charge >= 0.3 is 0 Å². The molecule has 1 atom stereocenters. The maximum absolute atomic E-state index is 10.5. The second-order valence-corrected chi connectivity index (χ2v) is 1.76. The number of nitrogens with one attached hydrogen (secondary N) is 1. The van der Waals surface area contributed by atoms with Crippen molar-refractivity contribution < 1.29 is 9.59 Å². The van der Waals surface area contributed by atoms with Gasteiger partial charge in [-0.2, -0.15) is 0 Å². The summed E-state index contributed by atoms with van der Waals surface area (Å²) in [6.07, 6.45) is 2.06. The average molecular weight is 128 g/mol. The lowest BCUT2D eigenvalue weighted by atomic mass is 10.3. The summed E-state index contributed by atoms with van der Waals surface area (Å²) in [7, 11) is 0.